The van der Waals surface area contributed by atoms with Crippen molar-refractivity contribution in [3.63, 3.8) is 0 Å². The zero-order valence-corrected chi connectivity index (χ0v) is 7.92. The Kier molecular flexibility index (Phi) is 7.39. The summed E-state index contributed by atoms with van der Waals surface area (Å²) in [5, 5.41) is 3.15. The van der Waals surface area contributed by atoms with E-state index in [9.17, 15) is 0 Å². The Morgan fingerprint density at radius 3 is 2.42 bits per heavy atom. The van der Waals surface area contributed by atoms with Crippen molar-refractivity contribution in [2.75, 3.05) is 19.6 Å². The van der Waals surface area contributed by atoms with E-state index < -0.39 is 0 Å². The van der Waals surface area contributed by atoms with Crippen molar-refractivity contribution in [3.8, 4) is 0 Å². The van der Waals surface area contributed by atoms with Gasteiger partial charge >= 0.3 is 0 Å². The minimum absolute atomic E-state index is 0.0556. The van der Waals surface area contributed by atoms with Crippen LogP contribution < -0.4 is 22.5 Å². The van der Waals surface area contributed by atoms with Crippen molar-refractivity contribution in [3.05, 3.63) is 0 Å². The van der Waals surface area contributed by atoms with Gasteiger partial charge in [-0.1, -0.05) is 6.92 Å². The van der Waals surface area contributed by atoms with Crippen LogP contribution in [0.4, 0.5) is 0 Å². The molecule has 0 heterocycles. The van der Waals surface area contributed by atoms with Gasteiger partial charge in [-0.25, -0.2) is 0 Å². The molecule has 0 aromatic carbocycles. The fourth-order valence-corrected chi connectivity index (χ4v) is 1.07. The van der Waals surface area contributed by atoms with Crippen LogP contribution in [0.25, 0.3) is 0 Å². The molecule has 0 amide bonds. The van der Waals surface area contributed by atoms with Crippen LogP contribution in [-0.2, 0) is 0 Å². The predicted octanol–water partition coefficient (Wildman–Crippen LogP) is -0.805. The van der Waals surface area contributed by atoms with Gasteiger partial charge in [0, 0.05) is 13.1 Å². The molecule has 4 nitrogen and oxygen atoms in total. The van der Waals surface area contributed by atoms with Crippen LogP contribution in [0, 0.1) is 5.92 Å². The van der Waals surface area contributed by atoms with Gasteiger partial charge in [-0.3, -0.25) is 0 Å². The van der Waals surface area contributed by atoms with E-state index in [-0.39, 0.29) is 6.17 Å². The van der Waals surface area contributed by atoms with Crippen molar-refractivity contribution < 1.29 is 0 Å². The molecule has 0 spiro atoms. The van der Waals surface area contributed by atoms with Gasteiger partial charge in [0.25, 0.3) is 0 Å². The molecule has 12 heavy (non-hydrogen) atoms. The lowest BCUT2D eigenvalue weighted by molar-refractivity contribution is 0.363. The smallest absolute Gasteiger partial charge is 0.0573 e. The van der Waals surface area contributed by atoms with Crippen molar-refractivity contribution in [1.29, 1.82) is 0 Å². The molecule has 2 atom stereocenters. The van der Waals surface area contributed by atoms with Gasteiger partial charge in [-0.2, -0.15) is 0 Å². The molecule has 0 radical (unpaired) electrons. The van der Waals surface area contributed by atoms with Crippen LogP contribution >= 0.6 is 0 Å². The third-order valence-electron chi connectivity index (χ3n) is 2.00. The van der Waals surface area contributed by atoms with Crippen LogP contribution in [-0.4, -0.2) is 25.8 Å². The molecule has 74 valence electrons. The highest BCUT2D eigenvalue weighted by molar-refractivity contribution is 4.67. The first-order valence-electron chi connectivity index (χ1n) is 4.61. The molecule has 0 saturated carbocycles. The van der Waals surface area contributed by atoms with Crippen molar-refractivity contribution in [1.82, 2.24) is 5.32 Å². The molecule has 4 heteroatoms. The van der Waals surface area contributed by atoms with Crippen LogP contribution in [0.2, 0.25) is 0 Å². The third-order valence-corrected chi connectivity index (χ3v) is 2.00. The quantitative estimate of drug-likeness (QED) is 0.380. The molecule has 0 aliphatic carbocycles. The molecular formula is C8H22N4. The minimum atomic E-state index is 0.0556. The molecule has 0 rings (SSSR count). The van der Waals surface area contributed by atoms with E-state index in [2.05, 4.69) is 12.2 Å². The van der Waals surface area contributed by atoms with E-state index in [0.717, 1.165) is 25.9 Å². The van der Waals surface area contributed by atoms with E-state index in [1.165, 1.54) is 0 Å². The third kappa shape index (κ3) is 5.49. The van der Waals surface area contributed by atoms with Gasteiger partial charge in [0.2, 0.25) is 0 Å². The molecule has 0 aliphatic rings. The van der Waals surface area contributed by atoms with Gasteiger partial charge in [0.1, 0.15) is 0 Å². The maximum atomic E-state index is 5.84. The monoisotopic (exact) mass is 174 g/mol. The van der Waals surface area contributed by atoms with Gasteiger partial charge in [-0.15, -0.1) is 0 Å². The number of nitrogens with two attached hydrogens (primary N) is 3. The second-order valence-corrected chi connectivity index (χ2v) is 3.18. The molecular weight excluding hydrogens is 152 g/mol. The highest BCUT2D eigenvalue weighted by Crippen LogP contribution is 2.05. The molecule has 0 fully saturated rings. The largest absolute Gasteiger partial charge is 0.330 e. The number of hydrogen-bond donors (Lipinski definition) is 4. The predicted molar refractivity (Wildman–Crippen MR) is 52.5 cm³/mol. The maximum absolute atomic E-state index is 5.84. The molecule has 0 aromatic rings. The Labute approximate surface area is 74.9 Å². The fourth-order valence-electron chi connectivity index (χ4n) is 1.07. The minimum Gasteiger partial charge on any atom is -0.330 e. The summed E-state index contributed by atoms with van der Waals surface area (Å²) in [6.07, 6.45) is 2.18. The van der Waals surface area contributed by atoms with E-state index in [4.69, 9.17) is 17.2 Å². The summed E-state index contributed by atoms with van der Waals surface area (Å²) >= 11 is 0. The van der Waals surface area contributed by atoms with E-state index >= 15 is 0 Å². The summed E-state index contributed by atoms with van der Waals surface area (Å²) in [6, 6.07) is 0. The van der Waals surface area contributed by atoms with Crippen molar-refractivity contribution in [2.24, 2.45) is 23.1 Å². The average Bonchev–Trinajstić information content (AvgIpc) is 2.10. The van der Waals surface area contributed by atoms with Gasteiger partial charge in [0.05, 0.1) is 6.17 Å². The molecule has 0 aliphatic heterocycles. The first-order chi connectivity index (χ1) is 5.72. The van der Waals surface area contributed by atoms with E-state index in [1.807, 2.05) is 0 Å². The second-order valence-electron chi connectivity index (χ2n) is 3.18. The Balaban J connectivity index is 3.39. The molecule has 0 bridgehead atoms. The van der Waals surface area contributed by atoms with Gasteiger partial charge in [-0.05, 0) is 25.3 Å². The molecule has 0 saturated heterocycles. The van der Waals surface area contributed by atoms with E-state index in [0.29, 0.717) is 12.5 Å². The Morgan fingerprint density at radius 2 is 1.92 bits per heavy atom. The highest BCUT2D eigenvalue weighted by atomic mass is 15.0. The van der Waals surface area contributed by atoms with Crippen LogP contribution in [0.15, 0.2) is 0 Å². The van der Waals surface area contributed by atoms with E-state index in [1.54, 1.807) is 0 Å². The second kappa shape index (κ2) is 7.49. The summed E-state index contributed by atoms with van der Waals surface area (Å²) < 4.78 is 0. The lowest BCUT2D eigenvalue weighted by Gasteiger charge is -2.20. The Morgan fingerprint density at radius 1 is 1.25 bits per heavy atom. The van der Waals surface area contributed by atoms with Crippen LogP contribution in [0.1, 0.15) is 19.8 Å². The topological polar surface area (TPSA) is 90.1 Å². The number of rotatable bonds is 7. The first-order valence-corrected chi connectivity index (χ1v) is 4.61. The van der Waals surface area contributed by atoms with Crippen LogP contribution in [0.3, 0.4) is 0 Å². The van der Waals surface area contributed by atoms with Crippen molar-refractivity contribution in [2.45, 2.75) is 25.9 Å². The molecule has 7 N–H and O–H groups in total. The lowest BCUT2D eigenvalue weighted by Crippen LogP contribution is -2.44. The number of hydrogen-bond acceptors (Lipinski definition) is 4. The summed E-state index contributed by atoms with van der Waals surface area (Å²) in [4.78, 5) is 0. The summed E-state index contributed by atoms with van der Waals surface area (Å²) in [5.74, 6) is 0.472. The standard InChI is InChI=1S/C8H22N4/c1-7(3-2-4-9)8(11)12-6-5-10/h7-8,12H,2-6,9-11H2,1H3. The van der Waals surface area contributed by atoms with Crippen LogP contribution in [0.5, 0.6) is 0 Å². The highest BCUT2D eigenvalue weighted by Gasteiger charge is 2.10. The summed E-state index contributed by atoms with van der Waals surface area (Å²) in [6.45, 7) is 4.29. The normalized spacial score (nSPS) is 16.0. The first kappa shape index (κ1) is 11.8. The van der Waals surface area contributed by atoms with Gasteiger partial charge < -0.3 is 22.5 Å². The zero-order valence-electron chi connectivity index (χ0n) is 7.92. The fraction of sp³-hybridized carbons (Fsp3) is 1.00. The maximum Gasteiger partial charge on any atom is 0.0573 e. The Hall–Kier alpha value is -0.160. The SMILES string of the molecule is CC(CCCN)C(N)NCCN. The molecule has 2 unspecified atom stereocenters. The van der Waals surface area contributed by atoms with Crippen molar-refractivity contribution >= 4 is 0 Å². The summed E-state index contributed by atoms with van der Waals surface area (Å²) in [7, 11) is 0. The molecule has 0 aromatic heterocycles. The average molecular weight is 174 g/mol. The van der Waals surface area contributed by atoms with Gasteiger partial charge in [0.15, 0.2) is 0 Å². The lowest BCUT2D eigenvalue weighted by atomic mass is 10.0. The zero-order chi connectivity index (χ0) is 9.40. The summed E-state index contributed by atoms with van der Waals surface area (Å²) in [5.41, 5.74) is 16.6. The Bertz CT molecular complexity index is 85.1. The number of nitrogens with one attached hydrogen (secondary N) is 1.